The molecular formula is C9H14N2O4. The van der Waals surface area contributed by atoms with Crippen molar-refractivity contribution >= 4 is 11.9 Å². The van der Waals surface area contributed by atoms with E-state index in [0.717, 1.165) is 0 Å². The number of aliphatic carboxylic acids is 1. The van der Waals surface area contributed by atoms with Crippen molar-refractivity contribution < 1.29 is 19.4 Å². The number of carbonyl (C=O) groups is 2. The van der Waals surface area contributed by atoms with Gasteiger partial charge < -0.3 is 20.9 Å². The Kier molecular flexibility index (Phi) is 2.20. The first-order valence-corrected chi connectivity index (χ1v) is 4.91. The fourth-order valence-electron chi connectivity index (χ4n) is 1.59. The van der Waals surface area contributed by atoms with Crippen LogP contribution in [0.4, 0.5) is 0 Å². The first-order valence-electron chi connectivity index (χ1n) is 4.91. The minimum atomic E-state index is -1.27. The molecule has 0 bridgehead atoms. The summed E-state index contributed by atoms with van der Waals surface area (Å²) in [6, 6.07) is 0. The van der Waals surface area contributed by atoms with Crippen LogP contribution in [0.3, 0.4) is 0 Å². The largest absolute Gasteiger partial charge is 0.479 e. The van der Waals surface area contributed by atoms with E-state index in [4.69, 9.17) is 15.6 Å². The number of hydrogen-bond donors (Lipinski definition) is 3. The normalized spacial score (nSPS) is 32.3. The van der Waals surface area contributed by atoms with Gasteiger partial charge in [-0.3, -0.25) is 4.79 Å². The Bertz CT molecular complexity index is 305. The molecular weight excluding hydrogens is 200 g/mol. The first-order chi connectivity index (χ1) is 6.99. The standard InChI is InChI=1S/C9H14N2O4/c10-8(1-2-8)6(12)11-9(7(13)14)3-4-15-5-9/h1-5,10H2,(H,11,12)(H,13,14). The van der Waals surface area contributed by atoms with Crippen molar-refractivity contribution in [2.24, 2.45) is 5.73 Å². The molecule has 1 atom stereocenters. The van der Waals surface area contributed by atoms with Gasteiger partial charge in [0.1, 0.15) is 0 Å². The highest BCUT2D eigenvalue weighted by Gasteiger charge is 2.51. The molecule has 6 nitrogen and oxygen atoms in total. The fourth-order valence-corrected chi connectivity index (χ4v) is 1.59. The summed E-state index contributed by atoms with van der Waals surface area (Å²) in [5, 5.41) is 11.6. The molecule has 1 saturated heterocycles. The van der Waals surface area contributed by atoms with Gasteiger partial charge in [0.05, 0.1) is 12.1 Å². The van der Waals surface area contributed by atoms with Crippen molar-refractivity contribution in [3.05, 3.63) is 0 Å². The molecule has 1 saturated carbocycles. The Morgan fingerprint density at radius 2 is 2.00 bits per heavy atom. The molecule has 6 heteroatoms. The van der Waals surface area contributed by atoms with E-state index in [1.807, 2.05) is 0 Å². The summed E-state index contributed by atoms with van der Waals surface area (Å²) in [4.78, 5) is 22.7. The van der Waals surface area contributed by atoms with Crippen molar-refractivity contribution in [2.45, 2.75) is 30.3 Å². The average Bonchev–Trinajstić information content (AvgIpc) is 2.77. The third-order valence-corrected chi connectivity index (χ3v) is 3.02. The number of carbonyl (C=O) groups excluding carboxylic acids is 1. The van der Waals surface area contributed by atoms with Crippen LogP contribution in [0.5, 0.6) is 0 Å². The number of hydrogen-bond acceptors (Lipinski definition) is 4. The quantitative estimate of drug-likeness (QED) is 0.550. The molecule has 0 spiro atoms. The summed E-state index contributed by atoms with van der Waals surface area (Å²) in [6.07, 6.45) is 1.54. The molecule has 0 aromatic heterocycles. The Morgan fingerprint density at radius 3 is 2.40 bits per heavy atom. The molecule has 0 aromatic carbocycles. The highest BCUT2D eigenvalue weighted by molar-refractivity contribution is 5.94. The molecule has 2 fully saturated rings. The van der Waals surface area contributed by atoms with Crippen LogP contribution in [0, 0.1) is 0 Å². The highest BCUT2D eigenvalue weighted by atomic mass is 16.5. The fraction of sp³-hybridized carbons (Fsp3) is 0.778. The number of ether oxygens (including phenoxy) is 1. The van der Waals surface area contributed by atoms with Gasteiger partial charge in [-0.2, -0.15) is 0 Å². The van der Waals surface area contributed by atoms with E-state index in [1.165, 1.54) is 0 Å². The van der Waals surface area contributed by atoms with E-state index in [2.05, 4.69) is 5.32 Å². The number of nitrogens with two attached hydrogens (primary N) is 1. The lowest BCUT2D eigenvalue weighted by molar-refractivity contribution is -0.148. The van der Waals surface area contributed by atoms with Crippen LogP contribution >= 0.6 is 0 Å². The molecule has 15 heavy (non-hydrogen) atoms. The highest BCUT2D eigenvalue weighted by Crippen LogP contribution is 2.33. The van der Waals surface area contributed by atoms with Gasteiger partial charge in [-0.1, -0.05) is 0 Å². The van der Waals surface area contributed by atoms with Crippen molar-refractivity contribution in [1.82, 2.24) is 5.32 Å². The van der Waals surface area contributed by atoms with Crippen molar-refractivity contribution in [3.8, 4) is 0 Å². The van der Waals surface area contributed by atoms with Crippen molar-refractivity contribution in [3.63, 3.8) is 0 Å². The summed E-state index contributed by atoms with van der Waals surface area (Å²) in [5.41, 5.74) is 3.57. The summed E-state index contributed by atoms with van der Waals surface area (Å²) >= 11 is 0. The Morgan fingerprint density at radius 1 is 1.33 bits per heavy atom. The summed E-state index contributed by atoms with van der Waals surface area (Å²) in [5.74, 6) is -1.44. The average molecular weight is 214 g/mol. The Balaban J connectivity index is 2.07. The van der Waals surface area contributed by atoms with E-state index in [1.54, 1.807) is 0 Å². The van der Waals surface area contributed by atoms with Gasteiger partial charge in [0.25, 0.3) is 0 Å². The molecule has 1 aliphatic heterocycles. The lowest BCUT2D eigenvalue weighted by atomic mass is 9.98. The number of carboxylic acids is 1. The van der Waals surface area contributed by atoms with Gasteiger partial charge in [-0.05, 0) is 12.8 Å². The Hall–Kier alpha value is -1.14. The molecule has 0 radical (unpaired) electrons. The maximum Gasteiger partial charge on any atom is 0.331 e. The summed E-state index contributed by atoms with van der Waals surface area (Å²) in [6.45, 7) is 0.369. The van der Waals surface area contributed by atoms with Gasteiger partial charge in [-0.25, -0.2) is 4.79 Å². The van der Waals surface area contributed by atoms with Crippen LogP contribution in [0.1, 0.15) is 19.3 Å². The Labute approximate surface area is 86.8 Å². The molecule has 84 valence electrons. The smallest absolute Gasteiger partial charge is 0.331 e. The van der Waals surface area contributed by atoms with E-state index < -0.39 is 17.0 Å². The van der Waals surface area contributed by atoms with E-state index >= 15 is 0 Å². The van der Waals surface area contributed by atoms with E-state index in [0.29, 0.717) is 25.9 Å². The van der Waals surface area contributed by atoms with E-state index in [9.17, 15) is 9.59 Å². The van der Waals surface area contributed by atoms with Crippen LogP contribution in [-0.2, 0) is 14.3 Å². The number of nitrogens with one attached hydrogen (secondary N) is 1. The molecule has 1 aliphatic carbocycles. The minimum Gasteiger partial charge on any atom is -0.479 e. The van der Waals surface area contributed by atoms with Gasteiger partial charge in [-0.15, -0.1) is 0 Å². The van der Waals surface area contributed by atoms with Gasteiger partial charge in [0.2, 0.25) is 5.91 Å². The molecule has 2 aliphatic rings. The van der Waals surface area contributed by atoms with E-state index in [-0.39, 0.29) is 12.5 Å². The molecule has 0 aromatic rings. The number of rotatable bonds is 3. The van der Waals surface area contributed by atoms with Gasteiger partial charge >= 0.3 is 5.97 Å². The second-order valence-corrected chi connectivity index (χ2v) is 4.30. The third kappa shape index (κ3) is 1.70. The zero-order valence-electron chi connectivity index (χ0n) is 8.28. The molecule has 4 N–H and O–H groups in total. The SMILES string of the molecule is NC1(C(=O)NC2(C(=O)O)CCOC2)CC1. The lowest BCUT2D eigenvalue weighted by Gasteiger charge is -2.25. The third-order valence-electron chi connectivity index (χ3n) is 3.02. The van der Waals surface area contributed by atoms with Gasteiger partial charge in [0, 0.05) is 13.0 Å². The van der Waals surface area contributed by atoms with Crippen molar-refractivity contribution in [2.75, 3.05) is 13.2 Å². The topological polar surface area (TPSA) is 102 Å². The second-order valence-electron chi connectivity index (χ2n) is 4.30. The van der Waals surface area contributed by atoms with Crippen LogP contribution in [0.15, 0.2) is 0 Å². The van der Waals surface area contributed by atoms with Crippen LogP contribution < -0.4 is 11.1 Å². The lowest BCUT2D eigenvalue weighted by Crippen LogP contribution is -2.59. The summed E-state index contributed by atoms with van der Waals surface area (Å²) in [7, 11) is 0. The number of carboxylic acid groups (broad SMARTS) is 1. The maximum atomic E-state index is 11.6. The van der Waals surface area contributed by atoms with Crippen molar-refractivity contribution in [1.29, 1.82) is 0 Å². The molecule has 1 unspecified atom stereocenters. The first kappa shape index (κ1) is 10.4. The monoisotopic (exact) mass is 214 g/mol. The predicted molar refractivity (Wildman–Crippen MR) is 50.1 cm³/mol. The van der Waals surface area contributed by atoms with Crippen LogP contribution in [-0.4, -0.2) is 41.3 Å². The summed E-state index contributed by atoms with van der Waals surface area (Å²) < 4.78 is 5.02. The molecule has 2 rings (SSSR count). The zero-order chi connectivity index (χ0) is 11.1. The molecule has 1 amide bonds. The van der Waals surface area contributed by atoms with Gasteiger partial charge in [0.15, 0.2) is 5.54 Å². The van der Waals surface area contributed by atoms with Crippen LogP contribution in [0.2, 0.25) is 0 Å². The zero-order valence-corrected chi connectivity index (χ0v) is 8.28. The second kappa shape index (κ2) is 3.18. The number of amides is 1. The maximum absolute atomic E-state index is 11.6. The minimum absolute atomic E-state index is 0.0180. The predicted octanol–water partition coefficient (Wildman–Crippen LogP) is -1.16. The molecule has 1 heterocycles. The van der Waals surface area contributed by atoms with Crippen LogP contribution in [0.25, 0.3) is 0 Å².